The van der Waals surface area contributed by atoms with E-state index in [-0.39, 0.29) is 38.5 Å². The van der Waals surface area contributed by atoms with Crippen molar-refractivity contribution in [2.24, 2.45) is 0 Å². The third-order valence-corrected chi connectivity index (χ3v) is 2.14. The van der Waals surface area contributed by atoms with Crippen molar-refractivity contribution >= 4 is 41.0 Å². The molecule has 1 N–H and O–H groups in total. The number of carboxylic acids is 1. The van der Waals surface area contributed by atoms with Crippen molar-refractivity contribution in [3.8, 4) is 0 Å². The maximum absolute atomic E-state index is 10.9. The van der Waals surface area contributed by atoms with Crippen LogP contribution < -0.4 is 0 Å². The van der Waals surface area contributed by atoms with E-state index >= 15 is 0 Å². The first-order valence-corrected chi connectivity index (χ1v) is 6.23. The maximum atomic E-state index is 10.9. The maximum Gasteiger partial charge on any atom is 2.00 e. The molecule has 0 fully saturated rings. The fourth-order valence-corrected chi connectivity index (χ4v) is 1.28. The van der Waals surface area contributed by atoms with Gasteiger partial charge in [-0.3, -0.25) is 9.59 Å². The summed E-state index contributed by atoms with van der Waals surface area (Å²) in [6.45, 7) is 2.35. The number of hydrogen-bond donors (Lipinski definition) is 1. The molecule has 0 aliphatic heterocycles. The second-order valence-corrected chi connectivity index (χ2v) is 3.87. The number of carboxylic acid groups (broad SMARTS) is 1. The van der Waals surface area contributed by atoms with Crippen LogP contribution in [0.5, 0.6) is 0 Å². The van der Waals surface area contributed by atoms with E-state index in [1.807, 2.05) is 0 Å². The number of carbonyl (C=O) groups is 3. The van der Waals surface area contributed by atoms with Gasteiger partial charge in [0.1, 0.15) is 6.42 Å². The first kappa shape index (κ1) is 21.2. The standard InChI is InChI=1S/C13H20O6.Mg.2H/c1-2-7-12(16)18-8-5-3-4-6-9-19-13(17)10-11(14)15;;;/h2,7H,3-6,8-10H2,1H3,(H,14,15);;;/q;+2;2*-1. The van der Waals surface area contributed by atoms with Crippen LogP contribution in [0.4, 0.5) is 0 Å². The molecular formula is C13H22MgO6. The van der Waals surface area contributed by atoms with Gasteiger partial charge in [-0.25, -0.2) is 4.79 Å². The molecule has 0 radical (unpaired) electrons. The summed E-state index contributed by atoms with van der Waals surface area (Å²) in [6.07, 6.45) is 5.51. The van der Waals surface area contributed by atoms with Gasteiger partial charge in [0.05, 0.1) is 13.2 Å². The zero-order chi connectivity index (χ0) is 14.5. The summed E-state index contributed by atoms with van der Waals surface area (Å²) < 4.78 is 9.61. The van der Waals surface area contributed by atoms with E-state index in [2.05, 4.69) is 0 Å². The molecule has 7 heteroatoms. The second kappa shape index (κ2) is 14.3. The summed E-state index contributed by atoms with van der Waals surface area (Å²) in [7, 11) is 0. The van der Waals surface area contributed by atoms with Crippen LogP contribution in [0, 0.1) is 0 Å². The summed E-state index contributed by atoms with van der Waals surface area (Å²) in [5, 5.41) is 8.32. The van der Waals surface area contributed by atoms with Crippen LogP contribution >= 0.6 is 0 Å². The minimum Gasteiger partial charge on any atom is -1.00 e. The Labute approximate surface area is 137 Å². The van der Waals surface area contributed by atoms with E-state index in [4.69, 9.17) is 14.6 Å². The normalized spacial score (nSPS) is 9.85. The molecule has 0 saturated carbocycles. The summed E-state index contributed by atoms with van der Waals surface area (Å²) >= 11 is 0. The van der Waals surface area contributed by atoms with Crippen LogP contribution in [0.25, 0.3) is 0 Å². The monoisotopic (exact) mass is 298 g/mol. The second-order valence-electron chi connectivity index (χ2n) is 3.87. The molecule has 0 aliphatic carbocycles. The van der Waals surface area contributed by atoms with Gasteiger partial charge in [-0.05, 0) is 32.6 Å². The van der Waals surface area contributed by atoms with E-state index in [0.717, 1.165) is 19.3 Å². The third-order valence-electron chi connectivity index (χ3n) is 2.14. The van der Waals surface area contributed by atoms with Crippen molar-refractivity contribution in [1.82, 2.24) is 0 Å². The number of ether oxygens (including phenoxy) is 2. The van der Waals surface area contributed by atoms with Gasteiger partial charge in [0.15, 0.2) is 0 Å². The molecular weight excluding hydrogens is 276 g/mol. The number of allylic oxidation sites excluding steroid dienone is 1. The molecule has 0 aliphatic rings. The predicted octanol–water partition coefficient (Wildman–Crippen LogP) is 1.53. The number of esters is 2. The Morgan fingerprint density at radius 1 is 1.05 bits per heavy atom. The molecule has 0 aromatic rings. The Bertz CT molecular complexity index is 336. The Morgan fingerprint density at radius 2 is 1.60 bits per heavy atom. The molecule has 20 heavy (non-hydrogen) atoms. The van der Waals surface area contributed by atoms with Crippen LogP contribution in [0.1, 0.15) is 41.9 Å². The average Bonchev–Trinajstić information content (AvgIpc) is 2.32. The van der Waals surface area contributed by atoms with Gasteiger partial charge in [-0.2, -0.15) is 0 Å². The van der Waals surface area contributed by atoms with E-state index in [0.29, 0.717) is 13.0 Å². The van der Waals surface area contributed by atoms with Crippen molar-refractivity contribution in [3.63, 3.8) is 0 Å². The number of aliphatic carboxylic acids is 1. The molecule has 0 unspecified atom stereocenters. The average molecular weight is 299 g/mol. The number of hydrogen-bond acceptors (Lipinski definition) is 5. The van der Waals surface area contributed by atoms with Gasteiger partial charge in [0, 0.05) is 6.08 Å². The molecule has 0 rings (SSSR count). The van der Waals surface area contributed by atoms with Crippen LogP contribution in [0.2, 0.25) is 0 Å². The Morgan fingerprint density at radius 3 is 2.10 bits per heavy atom. The SMILES string of the molecule is CC=CC(=O)OCCCCCCOC(=O)CC(=O)O.[H-].[H-].[Mg+2]. The minimum absolute atomic E-state index is 0. The minimum atomic E-state index is -1.19. The molecule has 0 aromatic carbocycles. The predicted molar refractivity (Wildman–Crippen MR) is 75.4 cm³/mol. The number of carbonyl (C=O) groups excluding carboxylic acids is 2. The molecule has 0 bridgehead atoms. The summed E-state index contributed by atoms with van der Waals surface area (Å²) in [6, 6.07) is 0. The largest absolute Gasteiger partial charge is 2.00 e. The van der Waals surface area contributed by atoms with Crippen molar-refractivity contribution in [3.05, 3.63) is 12.2 Å². The van der Waals surface area contributed by atoms with Crippen molar-refractivity contribution in [2.75, 3.05) is 13.2 Å². The Hall–Kier alpha value is -1.08. The smallest absolute Gasteiger partial charge is 1.00 e. The van der Waals surface area contributed by atoms with Crippen molar-refractivity contribution < 1.29 is 31.8 Å². The fourth-order valence-electron chi connectivity index (χ4n) is 1.28. The van der Waals surface area contributed by atoms with Crippen LogP contribution in [-0.4, -0.2) is 59.3 Å². The molecule has 0 atom stereocenters. The summed E-state index contributed by atoms with van der Waals surface area (Å²) in [5.41, 5.74) is 0. The Balaban J connectivity index is -0.000000540. The van der Waals surface area contributed by atoms with Crippen LogP contribution in [0.3, 0.4) is 0 Å². The van der Waals surface area contributed by atoms with Crippen molar-refractivity contribution in [1.29, 1.82) is 0 Å². The van der Waals surface area contributed by atoms with E-state index in [9.17, 15) is 14.4 Å². The molecule has 0 saturated heterocycles. The Kier molecular flexibility index (Phi) is 15.2. The molecule has 0 amide bonds. The van der Waals surface area contributed by atoms with Gasteiger partial charge in [0.2, 0.25) is 0 Å². The van der Waals surface area contributed by atoms with Gasteiger partial charge in [0.25, 0.3) is 0 Å². The zero-order valence-electron chi connectivity index (χ0n) is 13.8. The first-order chi connectivity index (χ1) is 9.06. The third kappa shape index (κ3) is 15.0. The van der Waals surface area contributed by atoms with Crippen molar-refractivity contribution in [2.45, 2.75) is 39.0 Å². The van der Waals surface area contributed by atoms with Crippen LogP contribution in [0.15, 0.2) is 12.2 Å². The van der Waals surface area contributed by atoms with Gasteiger partial charge in [-0.15, -0.1) is 0 Å². The molecule has 6 nitrogen and oxygen atoms in total. The van der Waals surface area contributed by atoms with E-state index in [1.54, 1.807) is 13.0 Å². The zero-order valence-corrected chi connectivity index (χ0v) is 13.2. The topological polar surface area (TPSA) is 89.9 Å². The van der Waals surface area contributed by atoms with Gasteiger partial charge >= 0.3 is 41.0 Å². The van der Waals surface area contributed by atoms with Gasteiger partial charge in [-0.1, -0.05) is 6.08 Å². The molecule has 112 valence electrons. The quantitative estimate of drug-likeness (QED) is 0.216. The molecule has 0 spiro atoms. The first-order valence-electron chi connectivity index (χ1n) is 6.23. The fraction of sp³-hybridized carbons (Fsp3) is 0.615. The van der Waals surface area contributed by atoms with Gasteiger partial charge < -0.3 is 17.4 Å². The molecule has 0 heterocycles. The van der Waals surface area contributed by atoms with E-state index < -0.39 is 18.4 Å². The number of rotatable bonds is 10. The summed E-state index contributed by atoms with van der Waals surface area (Å²) in [5.74, 6) is -2.24. The molecule has 0 aromatic heterocycles. The van der Waals surface area contributed by atoms with E-state index in [1.165, 1.54) is 6.08 Å². The number of unbranched alkanes of at least 4 members (excludes halogenated alkanes) is 3. The summed E-state index contributed by atoms with van der Waals surface area (Å²) in [4.78, 5) is 32.0. The van der Waals surface area contributed by atoms with Crippen LogP contribution in [-0.2, 0) is 23.9 Å².